The average molecular weight is 335 g/mol. The molecule has 1 aliphatic heterocycles. The highest BCUT2D eigenvalue weighted by Gasteiger charge is 2.51. The van der Waals surface area contributed by atoms with Crippen LogP contribution in [0.1, 0.15) is 12.0 Å². The summed E-state index contributed by atoms with van der Waals surface area (Å²) in [6.07, 6.45) is 1.42. The molecule has 1 aromatic heterocycles. The molecule has 0 bridgehead atoms. The van der Waals surface area contributed by atoms with Crippen molar-refractivity contribution in [1.82, 2.24) is 4.98 Å². The molecule has 2 heterocycles. The fraction of sp³-hybridized carbons (Fsp3) is 0.381. The molecule has 1 saturated carbocycles. The molecule has 1 N–H and O–H groups in total. The predicted molar refractivity (Wildman–Crippen MR) is 96.4 cm³/mol. The number of H-pyrrole nitrogens is 1. The molecule has 3 unspecified atom stereocenters. The maximum absolute atomic E-state index is 12.3. The number of ether oxygens (including phenoxy) is 2. The Morgan fingerprint density at radius 1 is 1.12 bits per heavy atom. The van der Waals surface area contributed by atoms with Gasteiger partial charge in [-0.3, -0.25) is 4.79 Å². The quantitative estimate of drug-likeness (QED) is 0.740. The fourth-order valence-corrected chi connectivity index (χ4v) is 4.36. The molecule has 2 fully saturated rings. The smallest absolute Gasteiger partial charge is 0.310 e. The van der Waals surface area contributed by atoms with Gasteiger partial charge in [0.1, 0.15) is 0 Å². The van der Waals surface area contributed by atoms with Gasteiger partial charge in [0, 0.05) is 28.8 Å². The molecular weight excluding hydrogens is 314 g/mol. The number of aromatic nitrogens is 1. The number of fused-ring (bicyclic) bond motifs is 4. The van der Waals surface area contributed by atoms with Gasteiger partial charge >= 0.3 is 5.97 Å². The van der Waals surface area contributed by atoms with Crippen molar-refractivity contribution in [2.45, 2.75) is 12.8 Å². The third kappa shape index (κ3) is 2.61. The largest absolute Gasteiger partial charge is 0.465 e. The summed E-state index contributed by atoms with van der Waals surface area (Å²) >= 11 is 0. The van der Waals surface area contributed by atoms with E-state index in [0.717, 1.165) is 41.6 Å². The lowest BCUT2D eigenvalue weighted by atomic mass is 10.1. The minimum Gasteiger partial charge on any atom is -0.465 e. The van der Waals surface area contributed by atoms with Gasteiger partial charge in [-0.25, -0.2) is 0 Å². The number of carbonyl (C=O) groups excluding carboxylic acids is 1. The molecule has 25 heavy (non-hydrogen) atoms. The monoisotopic (exact) mass is 335 g/mol. The highest BCUT2D eigenvalue weighted by molar-refractivity contribution is 6.08. The lowest BCUT2D eigenvalue weighted by molar-refractivity contribution is -0.143. The molecule has 0 radical (unpaired) electrons. The Morgan fingerprint density at radius 2 is 2.00 bits per heavy atom. The third-order valence-corrected chi connectivity index (χ3v) is 5.81. The van der Waals surface area contributed by atoms with Gasteiger partial charge in [0.2, 0.25) is 0 Å². The van der Waals surface area contributed by atoms with Gasteiger partial charge in [-0.05, 0) is 29.9 Å². The second-order valence-corrected chi connectivity index (χ2v) is 7.23. The third-order valence-electron chi connectivity index (χ3n) is 5.81. The normalized spacial score (nSPS) is 25.0. The summed E-state index contributed by atoms with van der Waals surface area (Å²) in [7, 11) is 0. The van der Waals surface area contributed by atoms with Crippen molar-refractivity contribution in [3.05, 3.63) is 48.0 Å². The summed E-state index contributed by atoms with van der Waals surface area (Å²) < 4.78 is 11.1. The molecule has 128 valence electrons. The summed E-state index contributed by atoms with van der Waals surface area (Å²) in [5, 5.41) is 2.35. The van der Waals surface area contributed by atoms with Gasteiger partial charge in [-0.2, -0.15) is 0 Å². The van der Waals surface area contributed by atoms with Crippen LogP contribution in [0, 0.1) is 17.8 Å². The van der Waals surface area contributed by atoms with Gasteiger partial charge in [-0.15, -0.1) is 0 Å². The van der Waals surface area contributed by atoms with Gasteiger partial charge in [0.15, 0.2) is 0 Å². The van der Waals surface area contributed by atoms with E-state index in [2.05, 4.69) is 23.2 Å². The number of para-hydroxylation sites is 2. The van der Waals surface area contributed by atoms with E-state index in [-0.39, 0.29) is 5.97 Å². The van der Waals surface area contributed by atoms with Crippen molar-refractivity contribution in [1.29, 1.82) is 0 Å². The number of carbonyl (C=O) groups is 1. The highest BCUT2D eigenvalue weighted by atomic mass is 16.5. The minimum absolute atomic E-state index is 0.143. The van der Waals surface area contributed by atoms with E-state index >= 15 is 0 Å². The van der Waals surface area contributed by atoms with Crippen LogP contribution < -0.4 is 0 Å². The molecule has 3 aromatic rings. The number of hydrogen-bond donors (Lipinski definition) is 1. The summed E-state index contributed by atoms with van der Waals surface area (Å²) in [6.45, 7) is 2.23. The van der Waals surface area contributed by atoms with Crippen LogP contribution in [0.3, 0.4) is 0 Å². The molecule has 0 spiro atoms. The summed E-state index contributed by atoms with van der Waals surface area (Å²) in [5.41, 5.74) is 3.13. The van der Waals surface area contributed by atoms with Crippen LogP contribution >= 0.6 is 0 Å². The number of aromatic amines is 1. The van der Waals surface area contributed by atoms with Crippen LogP contribution in [-0.4, -0.2) is 30.8 Å². The van der Waals surface area contributed by atoms with Crippen molar-refractivity contribution in [2.24, 2.45) is 17.8 Å². The lowest BCUT2D eigenvalue weighted by Gasteiger charge is -2.07. The van der Waals surface area contributed by atoms with Crippen molar-refractivity contribution in [2.75, 3.05) is 19.8 Å². The Balaban J connectivity index is 1.31. The molecule has 1 aliphatic carbocycles. The summed E-state index contributed by atoms with van der Waals surface area (Å²) in [6, 6.07) is 14.3. The van der Waals surface area contributed by atoms with Crippen LogP contribution in [0.2, 0.25) is 0 Å². The first-order chi connectivity index (χ1) is 12.3. The second kappa shape index (κ2) is 5.88. The number of nitrogens with one attached hydrogen (secondary N) is 1. The molecule has 2 aromatic carbocycles. The zero-order chi connectivity index (χ0) is 16.8. The Kier molecular flexibility index (Phi) is 3.52. The Labute approximate surface area is 146 Å². The Morgan fingerprint density at radius 3 is 2.88 bits per heavy atom. The molecule has 4 nitrogen and oxygen atoms in total. The summed E-state index contributed by atoms with van der Waals surface area (Å²) in [4.78, 5) is 15.8. The van der Waals surface area contributed by atoms with Crippen LogP contribution in [-0.2, 0) is 20.7 Å². The summed E-state index contributed by atoms with van der Waals surface area (Å²) in [5.74, 6) is 1.68. The van der Waals surface area contributed by atoms with E-state index in [9.17, 15) is 4.79 Å². The molecule has 3 atom stereocenters. The average Bonchev–Trinajstić information content (AvgIpc) is 3.21. The highest BCUT2D eigenvalue weighted by Crippen LogP contribution is 2.51. The van der Waals surface area contributed by atoms with Crippen LogP contribution in [0.5, 0.6) is 0 Å². The van der Waals surface area contributed by atoms with Gasteiger partial charge < -0.3 is 14.5 Å². The van der Waals surface area contributed by atoms with Gasteiger partial charge in [0.25, 0.3) is 0 Å². The van der Waals surface area contributed by atoms with Crippen molar-refractivity contribution in [3.63, 3.8) is 0 Å². The predicted octanol–water partition coefficient (Wildman–Crippen LogP) is 3.69. The van der Waals surface area contributed by atoms with Gasteiger partial charge in [-0.1, -0.05) is 36.4 Å². The van der Waals surface area contributed by atoms with Crippen LogP contribution in [0.4, 0.5) is 0 Å². The zero-order valence-electron chi connectivity index (χ0n) is 14.0. The molecule has 1 saturated heterocycles. The zero-order valence-corrected chi connectivity index (χ0v) is 14.0. The number of benzene rings is 2. The number of esters is 1. The lowest BCUT2D eigenvalue weighted by Crippen LogP contribution is -2.11. The maximum Gasteiger partial charge on any atom is 0.310 e. The Hall–Kier alpha value is -2.33. The van der Waals surface area contributed by atoms with E-state index in [1.807, 2.05) is 24.3 Å². The van der Waals surface area contributed by atoms with Crippen LogP contribution in [0.15, 0.2) is 42.5 Å². The number of hydrogen-bond acceptors (Lipinski definition) is 3. The van der Waals surface area contributed by atoms with E-state index in [1.165, 1.54) is 5.39 Å². The van der Waals surface area contributed by atoms with Crippen molar-refractivity contribution < 1.29 is 14.3 Å². The van der Waals surface area contributed by atoms with Crippen molar-refractivity contribution >= 4 is 27.8 Å². The first-order valence-electron chi connectivity index (χ1n) is 9.03. The van der Waals surface area contributed by atoms with E-state index in [0.29, 0.717) is 30.8 Å². The van der Waals surface area contributed by atoms with E-state index in [4.69, 9.17) is 9.47 Å². The van der Waals surface area contributed by atoms with E-state index < -0.39 is 0 Å². The SMILES string of the molecule is O=C(Cc1cccc2c1[nH]c1ccccc12)OCC1C2CCOCC21. The van der Waals surface area contributed by atoms with E-state index in [1.54, 1.807) is 0 Å². The Bertz CT molecular complexity index is 933. The maximum atomic E-state index is 12.3. The topological polar surface area (TPSA) is 51.3 Å². The molecule has 4 heteroatoms. The van der Waals surface area contributed by atoms with Gasteiger partial charge in [0.05, 0.1) is 25.2 Å². The van der Waals surface area contributed by atoms with Crippen LogP contribution in [0.25, 0.3) is 21.8 Å². The first kappa shape index (κ1) is 15.0. The molecular formula is C21H21NO3. The standard InChI is InChI=1S/C21H21NO3/c23-20(25-12-18-14-8-9-24-11-17(14)18)10-13-4-3-6-16-15-5-1-2-7-19(15)22-21(13)16/h1-7,14,17-18,22H,8-12H2. The second-order valence-electron chi connectivity index (χ2n) is 7.23. The first-order valence-corrected chi connectivity index (χ1v) is 9.03. The molecule has 5 rings (SSSR count). The van der Waals surface area contributed by atoms with Crippen molar-refractivity contribution in [3.8, 4) is 0 Å². The fourth-order valence-electron chi connectivity index (χ4n) is 4.36. The minimum atomic E-state index is -0.143. The molecule has 2 aliphatic rings. The number of rotatable bonds is 4. The molecule has 0 amide bonds.